The molecule has 0 saturated heterocycles. The van der Waals surface area contributed by atoms with Crippen molar-refractivity contribution in [2.24, 2.45) is 0 Å². The maximum Gasteiger partial charge on any atom is 0.361 e. The van der Waals surface area contributed by atoms with Crippen LogP contribution in [0.25, 0.3) is 5.69 Å². The second-order valence-electron chi connectivity index (χ2n) is 4.80. The molecule has 122 valence electrons. The van der Waals surface area contributed by atoms with Crippen LogP contribution in [0.5, 0.6) is 0 Å². The lowest BCUT2D eigenvalue weighted by Crippen LogP contribution is -2.12. The highest BCUT2D eigenvalue weighted by Gasteiger charge is 2.18. The molecule has 0 bridgehead atoms. The van der Waals surface area contributed by atoms with Gasteiger partial charge in [-0.05, 0) is 19.1 Å². The van der Waals surface area contributed by atoms with E-state index in [1.54, 1.807) is 6.92 Å². The molecule has 10 nitrogen and oxygen atoms in total. The molecule has 0 spiro atoms. The van der Waals surface area contributed by atoms with Crippen molar-refractivity contribution in [3.63, 3.8) is 0 Å². The van der Waals surface area contributed by atoms with E-state index in [1.165, 1.54) is 4.80 Å². The van der Waals surface area contributed by atoms with E-state index in [0.717, 1.165) is 5.69 Å². The van der Waals surface area contributed by atoms with E-state index >= 15 is 0 Å². The summed E-state index contributed by atoms with van der Waals surface area (Å²) in [5.74, 6) is -0.576. The molecule has 2 heterocycles. The molecule has 10 heteroatoms. The average molecular weight is 326 g/mol. The summed E-state index contributed by atoms with van der Waals surface area (Å²) in [6.45, 7) is 1.47. The van der Waals surface area contributed by atoms with Crippen LogP contribution in [0.2, 0.25) is 0 Å². The molecule has 0 aliphatic carbocycles. The first-order valence-corrected chi connectivity index (χ1v) is 6.95. The zero-order chi connectivity index (χ0) is 17.1. The number of anilines is 2. The maximum atomic E-state index is 12.2. The quantitative estimate of drug-likeness (QED) is 0.645. The normalized spacial score (nSPS) is 10.5. The highest BCUT2D eigenvalue weighted by Crippen LogP contribution is 2.10. The molecule has 4 N–H and O–H groups in total. The molecule has 0 unspecified atom stereocenters. The molecule has 0 fully saturated rings. The van der Waals surface area contributed by atoms with E-state index in [1.807, 2.05) is 30.3 Å². The predicted molar refractivity (Wildman–Crippen MR) is 83.9 cm³/mol. The number of rotatable bonds is 4. The fraction of sp³-hybridized carbons (Fsp3) is 0.143. The van der Waals surface area contributed by atoms with Gasteiger partial charge in [0.15, 0.2) is 18.1 Å². The summed E-state index contributed by atoms with van der Waals surface area (Å²) in [6.07, 6.45) is 0. The minimum Gasteiger partial charge on any atom is -0.453 e. The number of para-hydroxylation sites is 1. The highest BCUT2D eigenvalue weighted by molar-refractivity contribution is 5.88. The van der Waals surface area contributed by atoms with Crippen molar-refractivity contribution in [2.45, 2.75) is 13.5 Å². The number of ether oxygens (including phenoxy) is 1. The van der Waals surface area contributed by atoms with Gasteiger partial charge in [-0.1, -0.05) is 18.2 Å². The van der Waals surface area contributed by atoms with Gasteiger partial charge in [0, 0.05) is 0 Å². The predicted octanol–water partition coefficient (Wildman–Crippen LogP) is 0.282. The Morgan fingerprint density at radius 2 is 1.75 bits per heavy atom. The monoisotopic (exact) mass is 326 g/mol. The van der Waals surface area contributed by atoms with Gasteiger partial charge in [-0.15, -0.1) is 5.10 Å². The van der Waals surface area contributed by atoms with Gasteiger partial charge in [0.25, 0.3) is 0 Å². The summed E-state index contributed by atoms with van der Waals surface area (Å²) in [5.41, 5.74) is 12.2. The Bertz CT molecular complexity index is 857. The van der Waals surface area contributed by atoms with Crippen LogP contribution in [0.1, 0.15) is 22.0 Å². The van der Waals surface area contributed by atoms with Crippen molar-refractivity contribution in [3.05, 3.63) is 47.5 Å². The van der Waals surface area contributed by atoms with Gasteiger partial charge in [0.05, 0.1) is 11.4 Å². The van der Waals surface area contributed by atoms with Crippen LogP contribution < -0.4 is 11.5 Å². The Kier molecular flexibility index (Phi) is 4.01. The molecule has 0 aliphatic rings. The zero-order valence-electron chi connectivity index (χ0n) is 12.7. The molecule has 0 radical (unpaired) electrons. The number of carbonyl (C=O) groups excluding carboxylic acids is 1. The number of benzene rings is 1. The number of aryl methyl sites for hydroxylation is 1. The van der Waals surface area contributed by atoms with E-state index in [4.69, 9.17) is 16.2 Å². The molecule has 3 aromatic rings. The summed E-state index contributed by atoms with van der Waals surface area (Å²) < 4.78 is 5.14. The Labute approximate surface area is 136 Å². The molecular weight excluding hydrogens is 312 g/mol. The third-order valence-electron chi connectivity index (χ3n) is 3.01. The highest BCUT2D eigenvalue weighted by atomic mass is 16.5. The van der Waals surface area contributed by atoms with Crippen molar-refractivity contribution in [3.8, 4) is 5.69 Å². The second-order valence-corrected chi connectivity index (χ2v) is 4.80. The van der Waals surface area contributed by atoms with Gasteiger partial charge in [-0.2, -0.15) is 24.8 Å². The average Bonchev–Trinajstić information content (AvgIpc) is 2.94. The summed E-state index contributed by atoms with van der Waals surface area (Å²) in [6, 6.07) is 9.22. The van der Waals surface area contributed by atoms with E-state index in [0.29, 0.717) is 5.69 Å². The van der Waals surface area contributed by atoms with Gasteiger partial charge in [-0.25, -0.2) is 4.79 Å². The van der Waals surface area contributed by atoms with Gasteiger partial charge < -0.3 is 16.2 Å². The number of nitrogens with two attached hydrogens (primary N) is 2. The van der Waals surface area contributed by atoms with Gasteiger partial charge in [0.2, 0.25) is 11.9 Å². The molecule has 24 heavy (non-hydrogen) atoms. The minimum absolute atomic E-state index is 0.0419. The zero-order valence-corrected chi connectivity index (χ0v) is 12.7. The van der Waals surface area contributed by atoms with Crippen LogP contribution in [0, 0.1) is 6.92 Å². The maximum absolute atomic E-state index is 12.2. The summed E-state index contributed by atoms with van der Waals surface area (Å²) in [7, 11) is 0. The molecule has 3 rings (SSSR count). The standard InChI is InChI=1S/C14H14N8O2/c1-8-11(21-22(20-8)9-5-3-2-4-6-9)12(23)24-7-10-17-13(15)19-14(16)18-10/h2-6H,7H2,1H3,(H4,15,16,17,18,19). The molecule has 2 aromatic heterocycles. The van der Waals surface area contributed by atoms with Gasteiger partial charge in [-0.3, -0.25) is 0 Å². The molecule has 0 amide bonds. The first-order chi connectivity index (χ1) is 11.5. The SMILES string of the molecule is Cc1nn(-c2ccccc2)nc1C(=O)OCc1nc(N)nc(N)n1. The van der Waals surface area contributed by atoms with Crippen molar-refractivity contribution in [1.29, 1.82) is 0 Å². The van der Waals surface area contributed by atoms with Crippen molar-refractivity contribution < 1.29 is 9.53 Å². The van der Waals surface area contributed by atoms with Gasteiger partial charge >= 0.3 is 5.97 Å². The lowest BCUT2D eigenvalue weighted by atomic mass is 10.3. The minimum atomic E-state index is -0.646. The largest absolute Gasteiger partial charge is 0.453 e. The van der Waals surface area contributed by atoms with Crippen LogP contribution >= 0.6 is 0 Å². The number of aromatic nitrogens is 6. The third-order valence-corrected chi connectivity index (χ3v) is 3.01. The number of carbonyl (C=O) groups is 1. The van der Waals surface area contributed by atoms with E-state index in [2.05, 4.69) is 25.1 Å². The molecule has 1 aromatic carbocycles. The van der Waals surface area contributed by atoms with Crippen LogP contribution in [-0.2, 0) is 11.3 Å². The van der Waals surface area contributed by atoms with Crippen molar-refractivity contribution in [1.82, 2.24) is 29.9 Å². The van der Waals surface area contributed by atoms with E-state index in [9.17, 15) is 4.79 Å². The first kappa shape index (κ1) is 15.3. The smallest absolute Gasteiger partial charge is 0.361 e. The van der Waals surface area contributed by atoms with Crippen LogP contribution in [0.15, 0.2) is 30.3 Å². The van der Waals surface area contributed by atoms with Crippen molar-refractivity contribution >= 4 is 17.9 Å². The number of hydrogen-bond donors (Lipinski definition) is 2. The van der Waals surface area contributed by atoms with E-state index in [-0.39, 0.29) is 30.0 Å². The summed E-state index contributed by atoms with van der Waals surface area (Å²) >= 11 is 0. The first-order valence-electron chi connectivity index (χ1n) is 6.95. The fourth-order valence-electron chi connectivity index (χ4n) is 1.96. The fourth-order valence-corrected chi connectivity index (χ4v) is 1.96. The van der Waals surface area contributed by atoms with Crippen LogP contribution in [0.4, 0.5) is 11.9 Å². The summed E-state index contributed by atoms with van der Waals surface area (Å²) in [4.78, 5) is 24.8. The Hall–Kier alpha value is -3.56. The summed E-state index contributed by atoms with van der Waals surface area (Å²) in [5, 5.41) is 8.36. The second kappa shape index (κ2) is 6.28. The molecule has 0 atom stereocenters. The number of esters is 1. The number of nitrogen functional groups attached to an aromatic ring is 2. The lowest BCUT2D eigenvalue weighted by Gasteiger charge is -2.03. The Morgan fingerprint density at radius 3 is 2.42 bits per heavy atom. The van der Waals surface area contributed by atoms with Gasteiger partial charge in [0.1, 0.15) is 0 Å². The number of nitrogens with zero attached hydrogens (tertiary/aromatic N) is 6. The van der Waals surface area contributed by atoms with Crippen molar-refractivity contribution in [2.75, 3.05) is 11.5 Å². The molecule has 0 aliphatic heterocycles. The van der Waals surface area contributed by atoms with Crippen LogP contribution in [-0.4, -0.2) is 35.9 Å². The lowest BCUT2D eigenvalue weighted by molar-refractivity contribution is 0.0454. The molecular formula is C14H14N8O2. The van der Waals surface area contributed by atoms with Crippen LogP contribution in [0.3, 0.4) is 0 Å². The molecule has 0 saturated carbocycles. The Balaban J connectivity index is 1.74. The van der Waals surface area contributed by atoms with E-state index < -0.39 is 5.97 Å². The number of hydrogen-bond acceptors (Lipinski definition) is 9. The topological polar surface area (TPSA) is 148 Å². The third kappa shape index (κ3) is 3.27. The Morgan fingerprint density at radius 1 is 1.08 bits per heavy atom.